The zero-order chi connectivity index (χ0) is 14.4. The van der Waals surface area contributed by atoms with E-state index in [9.17, 15) is 8.42 Å². The van der Waals surface area contributed by atoms with E-state index in [2.05, 4.69) is 17.0 Å². The third-order valence-corrected chi connectivity index (χ3v) is 4.50. The molecule has 1 unspecified atom stereocenters. The first-order valence-electron chi connectivity index (χ1n) is 7.01. The molecule has 0 aliphatic carbocycles. The summed E-state index contributed by atoms with van der Waals surface area (Å²) in [6, 6.07) is 3.02. The van der Waals surface area contributed by atoms with E-state index in [1.54, 1.807) is 6.07 Å². The van der Waals surface area contributed by atoms with E-state index in [0.29, 0.717) is 25.5 Å². The van der Waals surface area contributed by atoms with Crippen molar-refractivity contribution < 1.29 is 17.6 Å². The number of nitrogens with one attached hydrogen (secondary N) is 2. The van der Waals surface area contributed by atoms with Crippen LogP contribution in [0, 0.1) is 0 Å². The van der Waals surface area contributed by atoms with Crippen LogP contribution in [0.4, 0.5) is 0 Å². The van der Waals surface area contributed by atoms with E-state index in [4.69, 9.17) is 9.15 Å². The quantitative estimate of drug-likeness (QED) is 0.741. The molecule has 20 heavy (non-hydrogen) atoms. The van der Waals surface area contributed by atoms with Crippen LogP contribution >= 0.6 is 0 Å². The largest absolute Gasteiger partial charge is 0.447 e. The normalized spacial score (nSPS) is 20.1. The van der Waals surface area contributed by atoms with Crippen LogP contribution in [0.1, 0.15) is 31.9 Å². The lowest BCUT2D eigenvalue weighted by Gasteiger charge is -2.22. The Bertz CT molecular complexity index is 506. The fourth-order valence-corrected chi connectivity index (χ4v) is 3.30. The van der Waals surface area contributed by atoms with Crippen molar-refractivity contribution >= 4 is 10.0 Å². The third kappa shape index (κ3) is 4.31. The van der Waals surface area contributed by atoms with Gasteiger partial charge in [-0.05, 0) is 37.9 Å². The number of furan rings is 1. The highest BCUT2D eigenvalue weighted by atomic mass is 32.2. The summed E-state index contributed by atoms with van der Waals surface area (Å²) < 4.78 is 37.6. The summed E-state index contributed by atoms with van der Waals surface area (Å²) in [5.41, 5.74) is 0. The van der Waals surface area contributed by atoms with Crippen LogP contribution < -0.4 is 10.0 Å². The van der Waals surface area contributed by atoms with Gasteiger partial charge in [0.15, 0.2) is 0 Å². The fourth-order valence-electron chi connectivity index (χ4n) is 2.10. The van der Waals surface area contributed by atoms with E-state index in [-0.39, 0.29) is 11.1 Å². The minimum Gasteiger partial charge on any atom is -0.447 e. The average molecular weight is 302 g/mol. The molecule has 1 fully saturated rings. The Balaban J connectivity index is 1.94. The minimum atomic E-state index is -3.59. The molecule has 114 valence electrons. The topological polar surface area (TPSA) is 80.6 Å². The van der Waals surface area contributed by atoms with E-state index in [1.165, 1.54) is 6.07 Å². The van der Waals surface area contributed by atoms with Crippen molar-refractivity contribution in [3.63, 3.8) is 0 Å². The predicted molar refractivity (Wildman–Crippen MR) is 74.9 cm³/mol. The van der Waals surface area contributed by atoms with Gasteiger partial charge < -0.3 is 14.5 Å². The van der Waals surface area contributed by atoms with Crippen LogP contribution in [0.3, 0.4) is 0 Å². The molecule has 1 aliphatic rings. The van der Waals surface area contributed by atoms with Gasteiger partial charge in [0.2, 0.25) is 5.09 Å². The first-order valence-corrected chi connectivity index (χ1v) is 8.49. The van der Waals surface area contributed by atoms with Crippen molar-refractivity contribution in [1.29, 1.82) is 0 Å². The molecule has 0 saturated carbocycles. The van der Waals surface area contributed by atoms with Gasteiger partial charge in [0.1, 0.15) is 5.76 Å². The lowest BCUT2D eigenvalue weighted by atomic mass is 10.1. The molecule has 0 aromatic carbocycles. The zero-order valence-electron chi connectivity index (χ0n) is 11.7. The Morgan fingerprint density at radius 3 is 2.95 bits per heavy atom. The summed E-state index contributed by atoms with van der Waals surface area (Å²) >= 11 is 0. The first kappa shape index (κ1) is 15.5. The van der Waals surface area contributed by atoms with E-state index in [0.717, 1.165) is 25.8 Å². The van der Waals surface area contributed by atoms with Crippen molar-refractivity contribution in [3.05, 3.63) is 17.9 Å². The van der Waals surface area contributed by atoms with Crippen molar-refractivity contribution in [2.45, 2.75) is 43.9 Å². The number of hydrogen-bond acceptors (Lipinski definition) is 5. The summed E-state index contributed by atoms with van der Waals surface area (Å²) in [6.45, 7) is 4.61. The van der Waals surface area contributed by atoms with Gasteiger partial charge in [-0.3, -0.25) is 0 Å². The summed E-state index contributed by atoms with van der Waals surface area (Å²) in [4.78, 5) is 0. The van der Waals surface area contributed by atoms with Crippen LogP contribution in [0.2, 0.25) is 0 Å². The second-order valence-corrected chi connectivity index (χ2v) is 6.58. The molecular weight excluding hydrogens is 280 g/mol. The second kappa shape index (κ2) is 7.21. The molecule has 2 heterocycles. The van der Waals surface area contributed by atoms with Gasteiger partial charge in [-0.15, -0.1) is 0 Å². The molecule has 1 aromatic heterocycles. The standard InChI is InChI=1S/C13H22N2O4S/c1-2-7-14-9-12-5-6-13(19-12)20(16,17)15-11-4-3-8-18-10-11/h5-6,11,14-15H,2-4,7-10H2,1H3. The maximum Gasteiger partial charge on any atom is 0.274 e. The highest BCUT2D eigenvalue weighted by molar-refractivity contribution is 7.89. The van der Waals surface area contributed by atoms with Gasteiger partial charge >= 0.3 is 0 Å². The van der Waals surface area contributed by atoms with Gasteiger partial charge in [0, 0.05) is 12.6 Å². The highest BCUT2D eigenvalue weighted by Gasteiger charge is 2.24. The smallest absolute Gasteiger partial charge is 0.274 e. The molecule has 7 heteroatoms. The van der Waals surface area contributed by atoms with Crippen LogP contribution in [-0.2, 0) is 21.3 Å². The summed E-state index contributed by atoms with van der Waals surface area (Å²) in [6.07, 6.45) is 2.69. The maximum atomic E-state index is 12.2. The van der Waals surface area contributed by atoms with Gasteiger partial charge in [-0.2, -0.15) is 0 Å². The second-order valence-electron chi connectivity index (χ2n) is 4.93. The monoisotopic (exact) mass is 302 g/mol. The number of ether oxygens (including phenoxy) is 1. The first-order chi connectivity index (χ1) is 9.62. The maximum absolute atomic E-state index is 12.2. The Labute approximate surface area is 119 Å². The SMILES string of the molecule is CCCNCc1ccc(S(=O)(=O)NC2CCCOC2)o1. The van der Waals surface area contributed by atoms with Crippen LogP contribution in [0.15, 0.2) is 21.6 Å². The third-order valence-electron chi connectivity index (χ3n) is 3.11. The predicted octanol–water partition coefficient (Wildman–Crippen LogP) is 1.24. The van der Waals surface area contributed by atoms with Gasteiger partial charge in [-0.1, -0.05) is 6.92 Å². The van der Waals surface area contributed by atoms with Gasteiger partial charge in [0.25, 0.3) is 10.0 Å². The average Bonchev–Trinajstić information content (AvgIpc) is 2.89. The summed E-state index contributed by atoms with van der Waals surface area (Å²) in [5.74, 6) is 0.624. The Kier molecular flexibility index (Phi) is 5.59. The van der Waals surface area contributed by atoms with E-state index >= 15 is 0 Å². The molecule has 2 rings (SSSR count). The molecule has 0 radical (unpaired) electrons. The zero-order valence-corrected chi connectivity index (χ0v) is 12.5. The Morgan fingerprint density at radius 1 is 1.40 bits per heavy atom. The van der Waals surface area contributed by atoms with Crippen LogP contribution in [0.5, 0.6) is 0 Å². The molecule has 0 bridgehead atoms. The van der Waals surface area contributed by atoms with Crippen molar-refractivity contribution in [3.8, 4) is 0 Å². The number of hydrogen-bond donors (Lipinski definition) is 2. The fraction of sp³-hybridized carbons (Fsp3) is 0.692. The van der Waals surface area contributed by atoms with Crippen LogP contribution in [0.25, 0.3) is 0 Å². The lowest BCUT2D eigenvalue weighted by Crippen LogP contribution is -2.40. The molecular formula is C13H22N2O4S. The van der Waals surface area contributed by atoms with E-state index in [1.807, 2.05) is 0 Å². The Hall–Kier alpha value is -0.890. The number of sulfonamides is 1. The highest BCUT2D eigenvalue weighted by Crippen LogP contribution is 2.16. The molecule has 0 amide bonds. The molecule has 1 atom stereocenters. The lowest BCUT2D eigenvalue weighted by molar-refractivity contribution is 0.0773. The molecule has 1 aromatic rings. The molecule has 1 saturated heterocycles. The molecule has 6 nitrogen and oxygen atoms in total. The van der Waals surface area contributed by atoms with E-state index < -0.39 is 10.0 Å². The minimum absolute atomic E-state index is 0.0311. The molecule has 2 N–H and O–H groups in total. The summed E-state index contributed by atoms with van der Waals surface area (Å²) in [5, 5.41) is 3.14. The van der Waals surface area contributed by atoms with Gasteiger partial charge in [-0.25, -0.2) is 13.1 Å². The summed E-state index contributed by atoms with van der Waals surface area (Å²) in [7, 11) is -3.59. The number of rotatable bonds is 7. The molecule has 1 aliphatic heterocycles. The van der Waals surface area contributed by atoms with Crippen molar-refractivity contribution in [2.24, 2.45) is 0 Å². The van der Waals surface area contributed by atoms with Crippen molar-refractivity contribution in [1.82, 2.24) is 10.0 Å². The Morgan fingerprint density at radius 2 is 2.25 bits per heavy atom. The molecule has 0 spiro atoms. The van der Waals surface area contributed by atoms with Crippen molar-refractivity contribution in [2.75, 3.05) is 19.8 Å². The van der Waals surface area contributed by atoms with Crippen LogP contribution in [-0.4, -0.2) is 34.2 Å². The van der Waals surface area contributed by atoms with Gasteiger partial charge in [0.05, 0.1) is 13.2 Å².